The quantitative estimate of drug-likeness (QED) is 0.606. The van der Waals surface area contributed by atoms with Crippen LogP contribution in [0.2, 0.25) is 0 Å². The van der Waals surface area contributed by atoms with Crippen LogP contribution >= 0.6 is 22.6 Å². The summed E-state index contributed by atoms with van der Waals surface area (Å²) in [4.78, 5) is 2.63. The van der Waals surface area contributed by atoms with Gasteiger partial charge in [0.05, 0.1) is 4.90 Å². The van der Waals surface area contributed by atoms with Gasteiger partial charge in [-0.05, 0) is 36.6 Å². The molecule has 0 unspecified atom stereocenters. The molecular weight excluding hydrogens is 337 g/mol. The third kappa shape index (κ3) is 2.20. The molecule has 2 rings (SSSR count). The highest BCUT2D eigenvalue weighted by Gasteiger charge is 2.18. The normalized spacial score (nSPS) is 16.0. The number of fused-ring (bicyclic) bond motifs is 1. The van der Waals surface area contributed by atoms with Crippen LogP contribution in [-0.2, 0) is 16.3 Å². The van der Waals surface area contributed by atoms with Crippen LogP contribution < -0.4 is 4.90 Å². The molecule has 0 saturated carbocycles. The van der Waals surface area contributed by atoms with Crippen LogP contribution in [0.4, 0.5) is 5.69 Å². The maximum absolute atomic E-state index is 11.7. The number of alkyl halides is 1. The molecular formula is C11H14INO2S. The molecule has 1 aliphatic heterocycles. The van der Waals surface area contributed by atoms with Crippen molar-refractivity contribution in [3.05, 3.63) is 23.8 Å². The van der Waals surface area contributed by atoms with Crippen LogP contribution in [0.25, 0.3) is 0 Å². The van der Waals surface area contributed by atoms with Gasteiger partial charge in [-0.2, -0.15) is 0 Å². The number of anilines is 1. The zero-order chi connectivity index (χ0) is 11.8. The van der Waals surface area contributed by atoms with Crippen molar-refractivity contribution < 1.29 is 8.42 Å². The molecule has 5 heteroatoms. The average molecular weight is 351 g/mol. The van der Waals surface area contributed by atoms with Gasteiger partial charge in [-0.25, -0.2) is 8.42 Å². The summed E-state index contributed by atoms with van der Waals surface area (Å²) in [7, 11) is -1.03. The van der Waals surface area contributed by atoms with Gasteiger partial charge in [-0.1, -0.05) is 22.6 Å². The highest BCUT2D eigenvalue weighted by Crippen LogP contribution is 2.28. The molecule has 0 N–H and O–H groups in total. The van der Waals surface area contributed by atoms with Crippen molar-refractivity contribution in [3.8, 4) is 0 Å². The molecule has 88 valence electrons. The first-order valence-electron chi connectivity index (χ1n) is 5.17. The number of halogens is 1. The van der Waals surface area contributed by atoms with Crippen molar-refractivity contribution in [2.45, 2.75) is 17.7 Å². The van der Waals surface area contributed by atoms with E-state index in [0.29, 0.717) is 4.90 Å². The molecule has 0 spiro atoms. The summed E-state index contributed by atoms with van der Waals surface area (Å²) in [5, 5.41) is 0. The second kappa shape index (κ2) is 4.52. The summed E-state index contributed by atoms with van der Waals surface area (Å²) in [6.07, 6.45) is 2.07. The van der Waals surface area contributed by atoms with Gasteiger partial charge in [0.2, 0.25) is 0 Å². The van der Waals surface area contributed by atoms with Gasteiger partial charge in [-0.3, -0.25) is 0 Å². The third-order valence-corrected chi connectivity index (χ3v) is 6.62. The largest absolute Gasteiger partial charge is 0.374 e. The number of benzene rings is 1. The van der Waals surface area contributed by atoms with Gasteiger partial charge < -0.3 is 4.90 Å². The lowest BCUT2D eigenvalue weighted by molar-refractivity contribution is 0.601. The minimum atomic E-state index is -3.08. The number of nitrogens with zero attached hydrogens (tertiary/aromatic N) is 1. The van der Waals surface area contributed by atoms with Gasteiger partial charge in [0, 0.05) is 19.3 Å². The fraction of sp³-hybridized carbons (Fsp3) is 0.455. The zero-order valence-electron chi connectivity index (χ0n) is 9.11. The van der Waals surface area contributed by atoms with Crippen LogP contribution in [0.1, 0.15) is 12.0 Å². The first-order valence-corrected chi connectivity index (χ1v) is 8.35. The summed E-state index contributed by atoms with van der Waals surface area (Å²) in [5.41, 5.74) is 2.32. The van der Waals surface area contributed by atoms with E-state index in [4.69, 9.17) is 0 Å². The lowest BCUT2D eigenvalue weighted by atomic mass is 10.0. The highest BCUT2D eigenvalue weighted by molar-refractivity contribution is 14.1. The Morgan fingerprint density at radius 1 is 1.44 bits per heavy atom. The van der Waals surface area contributed by atoms with Crippen molar-refractivity contribution in [1.29, 1.82) is 0 Å². The van der Waals surface area contributed by atoms with Crippen molar-refractivity contribution >= 4 is 38.1 Å². The van der Waals surface area contributed by atoms with Crippen LogP contribution in [0.15, 0.2) is 23.1 Å². The highest BCUT2D eigenvalue weighted by atomic mass is 127. The Labute approximate surface area is 110 Å². The maximum atomic E-state index is 11.7. The molecule has 1 heterocycles. The molecule has 1 aromatic rings. The maximum Gasteiger partial charge on any atom is 0.187 e. The molecule has 0 amide bonds. The minimum Gasteiger partial charge on any atom is -0.374 e. The van der Waals surface area contributed by atoms with Gasteiger partial charge >= 0.3 is 0 Å². The number of hydrogen-bond acceptors (Lipinski definition) is 3. The summed E-state index contributed by atoms with van der Waals surface area (Å²) in [5.74, 6) is 0. The SMILES string of the molecule is CN1CCCc2cc(S(=O)(=O)CI)ccc21. The topological polar surface area (TPSA) is 37.4 Å². The Hall–Kier alpha value is -0.300. The predicted octanol–water partition coefficient (Wildman–Crippen LogP) is 2.24. The van der Waals surface area contributed by atoms with Crippen LogP contribution in [-0.4, -0.2) is 25.8 Å². The summed E-state index contributed by atoms with van der Waals surface area (Å²) < 4.78 is 23.6. The Morgan fingerprint density at radius 2 is 2.19 bits per heavy atom. The molecule has 1 aromatic carbocycles. The number of hydrogen-bond donors (Lipinski definition) is 0. The second-order valence-corrected chi connectivity index (χ2v) is 7.83. The van der Waals surface area contributed by atoms with Gasteiger partial charge in [0.25, 0.3) is 0 Å². The molecule has 0 fully saturated rings. The molecule has 0 saturated heterocycles. The molecule has 1 aliphatic rings. The zero-order valence-corrected chi connectivity index (χ0v) is 12.1. The Kier molecular flexibility index (Phi) is 3.44. The van der Waals surface area contributed by atoms with Gasteiger partial charge in [0.15, 0.2) is 9.84 Å². The molecule has 3 nitrogen and oxygen atoms in total. The molecule has 0 radical (unpaired) electrons. The minimum absolute atomic E-state index is 0.138. The van der Waals surface area contributed by atoms with E-state index in [9.17, 15) is 8.42 Å². The summed E-state index contributed by atoms with van der Waals surface area (Å²) in [6, 6.07) is 5.47. The molecule has 16 heavy (non-hydrogen) atoms. The Bertz CT molecular complexity index is 499. The van der Waals surface area contributed by atoms with Crippen molar-refractivity contribution in [1.82, 2.24) is 0 Å². The van der Waals surface area contributed by atoms with Gasteiger partial charge in [-0.15, -0.1) is 0 Å². The van der Waals surface area contributed by atoms with Gasteiger partial charge in [0.1, 0.15) is 3.76 Å². The molecule has 0 bridgehead atoms. The predicted molar refractivity (Wildman–Crippen MR) is 74.1 cm³/mol. The first-order chi connectivity index (χ1) is 7.54. The standard InChI is InChI=1S/C11H14INO2S/c1-13-6-2-3-9-7-10(4-5-11(9)13)16(14,15)8-12/h4-5,7H,2-3,6,8H2,1H3. The van der Waals surface area contributed by atoms with Crippen LogP contribution in [0.3, 0.4) is 0 Å². The Balaban J connectivity index is 2.47. The fourth-order valence-electron chi connectivity index (χ4n) is 2.02. The third-order valence-electron chi connectivity index (χ3n) is 2.90. The van der Waals surface area contributed by atoms with E-state index in [1.54, 1.807) is 6.07 Å². The van der Waals surface area contributed by atoms with Crippen molar-refractivity contribution in [2.75, 3.05) is 22.3 Å². The lowest BCUT2D eigenvalue weighted by Gasteiger charge is -2.27. The van der Waals surface area contributed by atoms with Crippen LogP contribution in [0.5, 0.6) is 0 Å². The van der Waals surface area contributed by atoms with Crippen molar-refractivity contribution in [2.24, 2.45) is 0 Å². The smallest absolute Gasteiger partial charge is 0.187 e. The van der Waals surface area contributed by atoms with E-state index in [-0.39, 0.29) is 3.76 Å². The second-order valence-electron chi connectivity index (χ2n) is 4.04. The fourth-order valence-corrected chi connectivity index (χ4v) is 3.82. The average Bonchev–Trinajstić information content (AvgIpc) is 2.29. The number of rotatable bonds is 2. The van der Waals surface area contributed by atoms with E-state index in [1.165, 1.54) is 5.69 Å². The first kappa shape index (κ1) is 12.2. The number of sulfone groups is 1. The summed E-state index contributed by atoms with van der Waals surface area (Å²) in [6.45, 7) is 1.05. The van der Waals surface area contributed by atoms with Crippen molar-refractivity contribution in [3.63, 3.8) is 0 Å². The summed E-state index contributed by atoms with van der Waals surface area (Å²) >= 11 is 1.90. The molecule has 0 aromatic heterocycles. The Morgan fingerprint density at radius 3 is 2.88 bits per heavy atom. The monoisotopic (exact) mass is 351 g/mol. The van der Waals surface area contributed by atoms with E-state index in [0.717, 1.165) is 24.9 Å². The number of aryl methyl sites for hydroxylation is 1. The van der Waals surface area contributed by atoms with Crippen LogP contribution in [0, 0.1) is 0 Å². The lowest BCUT2D eigenvalue weighted by Crippen LogP contribution is -2.24. The van der Waals surface area contributed by atoms with E-state index in [1.807, 2.05) is 41.8 Å². The van der Waals surface area contributed by atoms with E-state index < -0.39 is 9.84 Å². The van der Waals surface area contributed by atoms with E-state index in [2.05, 4.69) is 4.90 Å². The van der Waals surface area contributed by atoms with E-state index >= 15 is 0 Å². The molecule has 0 atom stereocenters. The molecule has 0 aliphatic carbocycles.